The minimum absolute atomic E-state index is 0.0192. The first-order valence-electron chi connectivity index (χ1n) is 8.96. The molecule has 0 fully saturated rings. The van der Waals surface area contributed by atoms with E-state index in [1.807, 2.05) is 19.9 Å². The van der Waals surface area contributed by atoms with Crippen molar-refractivity contribution in [2.45, 2.75) is 33.0 Å². The van der Waals surface area contributed by atoms with Crippen molar-refractivity contribution in [3.05, 3.63) is 45.4 Å². The smallest absolute Gasteiger partial charge is 0.346 e. The van der Waals surface area contributed by atoms with E-state index >= 15 is 0 Å². The molecular formula is C21H23BrO6. The Labute approximate surface area is 172 Å². The summed E-state index contributed by atoms with van der Waals surface area (Å²) in [5, 5.41) is 10.6. The molecule has 7 heteroatoms. The van der Waals surface area contributed by atoms with Crippen LogP contribution in [0.3, 0.4) is 0 Å². The van der Waals surface area contributed by atoms with Crippen LogP contribution in [0.4, 0.5) is 0 Å². The van der Waals surface area contributed by atoms with E-state index in [2.05, 4.69) is 15.9 Å². The standard InChI is InChI=1S/C21H23BrO6/c1-11(2)7-15(23)14-5-6-16-18(20(14)26-4)21(24)27-10-12-8-13(22)9-17(25-3)19(12)28-16/h5-6,8-9,11,15,23H,7,10H2,1-4H3. The molecule has 1 aliphatic heterocycles. The second-order valence-corrected chi connectivity index (χ2v) is 7.90. The number of rotatable bonds is 5. The Balaban J connectivity index is 2.14. The molecule has 0 aromatic heterocycles. The number of aliphatic hydroxyl groups is 1. The number of fused-ring (bicyclic) bond motifs is 2. The molecule has 28 heavy (non-hydrogen) atoms. The zero-order valence-corrected chi connectivity index (χ0v) is 17.8. The first kappa shape index (κ1) is 20.5. The van der Waals surface area contributed by atoms with Crippen molar-refractivity contribution < 1.29 is 28.8 Å². The lowest BCUT2D eigenvalue weighted by Gasteiger charge is -2.24. The number of ether oxygens (including phenoxy) is 4. The third kappa shape index (κ3) is 3.95. The fraction of sp³-hybridized carbons (Fsp3) is 0.381. The van der Waals surface area contributed by atoms with Gasteiger partial charge in [-0.05, 0) is 36.6 Å². The zero-order chi connectivity index (χ0) is 20.4. The Morgan fingerprint density at radius 1 is 1.21 bits per heavy atom. The molecule has 2 aromatic carbocycles. The highest BCUT2D eigenvalue weighted by molar-refractivity contribution is 9.10. The van der Waals surface area contributed by atoms with E-state index in [4.69, 9.17) is 18.9 Å². The van der Waals surface area contributed by atoms with Crippen LogP contribution in [-0.2, 0) is 11.3 Å². The Morgan fingerprint density at radius 2 is 1.96 bits per heavy atom. The Bertz CT molecular complexity index is 893. The van der Waals surface area contributed by atoms with Crippen LogP contribution in [0.5, 0.6) is 23.0 Å². The van der Waals surface area contributed by atoms with Crippen molar-refractivity contribution in [2.24, 2.45) is 5.92 Å². The van der Waals surface area contributed by atoms with E-state index in [0.29, 0.717) is 29.0 Å². The topological polar surface area (TPSA) is 74.2 Å². The number of methoxy groups -OCH3 is 2. The fourth-order valence-corrected chi connectivity index (χ4v) is 3.72. The van der Waals surface area contributed by atoms with Crippen molar-refractivity contribution >= 4 is 21.9 Å². The molecule has 0 amide bonds. The van der Waals surface area contributed by atoms with Crippen LogP contribution in [0.15, 0.2) is 28.7 Å². The van der Waals surface area contributed by atoms with Crippen molar-refractivity contribution in [1.82, 2.24) is 0 Å². The van der Waals surface area contributed by atoms with E-state index in [1.54, 1.807) is 25.3 Å². The fourth-order valence-electron chi connectivity index (χ4n) is 3.24. The van der Waals surface area contributed by atoms with Gasteiger partial charge in [0.05, 0.1) is 20.3 Å². The first-order valence-corrected chi connectivity index (χ1v) is 9.75. The molecule has 0 saturated carbocycles. The van der Waals surface area contributed by atoms with Crippen molar-refractivity contribution in [2.75, 3.05) is 14.2 Å². The largest absolute Gasteiger partial charge is 0.495 e. The van der Waals surface area contributed by atoms with Gasteiger partial charge in [0, 0.05) is 15.6 Å². The normalized spacial score (nSPS) is 14.2. The molecular weight excluding hydrogens is 428 g/mol. The lowest BCUT2D eigenvalue weighted by atomic mass is 9.96. The summed E-state index contributed by atoms with van der Waals surface area (Å²) in [5.74, 6) is 1.22. The van der Waals surface area contributed by atoms with Gasteiger partial charge in [-0.1, -0.05) is 29.8 Å². The van der Waals surface area contributed by atoms with Gasteiger partial charge in [-0.15, -0.1) is 0 Å². The van der Waals surface area contributed by atoms with Crippen LogP contribution in [0.2, 0.25) is 0 Å². The molecule has 0 bridgehead atoms. The number of esters is 1. The van der Waals surface area contributed by atoms with Crippen LogP contribution in [0.25, 0.3) is 0 Å². The Hall–Kier alpha value is -2.25. The van der Waals surface area contributed by atoms with Crippen LogP contribution < -0.4 is 14.2 Å². The van der Waals surface area contributed by atoms with E-state index in [0.717, 1.165) is 4.47 Å². The molecule has 2 aromatic rings. The van der Waals surface area contributed by atoms with Crippen molar-refractivity contribution in [3.8, 4) is 23.0 Å². The third-order valence-corrected chi connectivity index (χ3v) is 4.96. The average molecular weight is 451 g/mol. The van der Waals surface area contributed by atoms with Gasteiger partial charge in [0.25, 0.3) is 0 Å². The highest BCUT2D eigenvalue weighted by Gasteiger charge is 2.30. The molecule has 0 spiro atoms. The maximum atomic E-state index is 12.8. The van der Waals surface area contributed by atoms with Crippen LogP contribution >= 0.6 is 15.9 Å². The maximum Gasteiger partial charge on any atom is 0.346 e. The monoisotopic (exact) mass is 450 g/mol. The molecule has 0 saturated heterocycles. The first-order chi connectivity index (χ1) is 13.3. The predicted molar refractivity (Wildman–Crippen MR) is 107 cm³/mol. The lowest BCUT2D eigenvalue weighted by Crippen LogP contribution is -2.15. The number of hydrogen-bond acceptors (Lipinski definition) is 6. The number of aliphatic hydroxyl groups excluding tert-OH is 1. The summed E-state index contributed by atoms with van der Waals surface area (Å²) in [5.41, 5.74) is 1.35. The molecule has 3 rings (SSSR count). The van der Waals surface area contributed by atoms with Gasteiger partial charge >= 0.3 is 5.97 Å². The van der Waals surface area contributed by atoms with Crippen LogP contribution in [-0.4, -0.2) is 25.3 Å². The summed E-state index contributed by atoms with van der Waals surface area (Å²) in [6.45, 7) is 4.05. The Morgan fingerprint density at radius 3 is 2.61 bits per heavy atom. The van der Waals surface area contributed by atoms with Gasteiger partial charge < -0.3 is 24.1 Å². The summed E-state index contributed by atoms with van der Waals surface area (Å²) in [7, 11) is 3.00. The molecule has 1 aliphatic rings. The maximum absolute atomic E-state index is 12.8. The second kappa shape index (κ2) is 8.41. The summed E-state index contributed by atoms with van der Waals surface area (Å²) in [6.07, 6.45) is -0.230. The third-order valence-electron chi connectivity index (χ3n) is 4.50. The number of halogens is 1. The minimum atomic E-state index is -0.767. The minimum Gasteiger partial charge on any atom is -0.495 e. The SMILES string of the molecule is COc1cc(Br)cc2c1Oc1ccc(C(O)CC(C)C)c(OC)c1C(=O)OC2. The number of carbonyl (C=O) groups is 1. The lowest BCUT2D eigenvalue weighted by molar-refractivity contribution is 0.0454. The molecule has 6 nitrogen and oxygen atoms in total. The zero-order valence-electron chi connectivity index (χ0n) is 16.2. The number of hydrogen-bond donors (Lipinski definition) is 1. The van der Waals surface area contributed by atoms with Gasteiger partial charge in [0.2, 0.25) is 0 Å². The number of carbonyl (C=O) groups excluding carboxylic acids is 1. The highest BCUT2D eigenvalue weighted by atomic mass is 79.9. The molecule has 1 heterocycles. The van der Waals surface area contributed by atoms with E-state index < -0.39 is 12.1 Å². The van der Waals surface area contributed by atoms with Gasteiger partial charge in [0.1, 0.15) is 23.7 Å². The average Bonchev–Trinajstić information content (AvgIpc) is 2.64. The molecule has 1 N–H and O–H groups in total. The summed E-state index contributed by atoms with van der Waals surface area (Å²) < 4.78 is 23.3. The summed E-state index contributed by atoms with van der Waals surface area (Å²) >= 11 is 3.42. The number of benzene rings is 2. The molecule has 1 atom stereocenters. The quantitative estimate of drug-likeness (QED) is 0.645. The predicted octanol–water partition coefficient (Wildman–Crippen LogP) is 5.01. The van der Waals surface area contributed by atoms with Gasteiger partial charge in [-0.2, -0.15) is 0 Å². The molecule has 0 aliphatic carbocycles. The van der Waals surface area contributed by atoms with E-state index in [1.165, 1.54) is 7.11 Å². The van der Waals surface area contributed by atoms with Gasteiger partial charge in [-0.3, -0.25) is 0 Å². The Kier molecular flexibility index (Phi) is 6.15. The van der Waals surface area contributed by atoms with Gasteiger partial charge in [-0.25, -0.2) is 4.79 Å². The molecule has 150 valence electrons. The summed E-state index contributed by atoms with van der Waals surface area (Å²) in [4.78, 5) is 12.8. The number of cyclic esters (lactones) is 1. The highest BCUT2D eigenvalue weighted by Crippen LogP contribution is 2.45. The van der Waals surface area contributed by atoms with Crippen LogP contribution in [0, 0.1) is 5.92 Å². The second-order valence-electron chi connectivity index (χ2n) is 6.98. The van der Waals surface area contributed by atoms with Crippen molar-refractivity contribution in [1.29, 1.82) is 0 Å². The molecule has 0 radical (unpaired) electrons. The van der Waals surface area contributed by atoms with E-state index in [9.17, 15) is 9.90 Å². The van der Waals surface area contributed by atoms with Crippen molar-refractivity contribution in [3.63, 3.8) is 0 Å². The van der Waals surface area contributed by atoms with Gasteiger partial charge in [0.15, 0.2) is 11.5 Å². The van der Waals surface area contributed by atoms with E-state index in [-0.39, 0.29) is 29.6 Å². The van der Waals surface area contributed by atoms with Crippen LogP contribution in [0.1, 0.15) is 47.9 Å². The molecule has 1 unspecified atom stereocenters. The summed E-state index contributed by atoms with van der Waals surface area (Å²) in [6, 6.07) is 6.95.